The number of aryl methyl sites for hydroxylation is 2. The Hall–Kier alpha value is -2.88. The SMILES string of the molecule is Cc1oc(-c2ccccc2)nc1CC(=O)N1CCCc2ccccc21. The number of para-hydroxylation sites is 1. The van der Waals surface area contributed by atoms with E-state index in [1.54, 1.807) is 0 Å². The number of hydrogen-bond donors (Lipinski definition) is 0. The molecule has 1 amide bonds. The molecule has 1 aliphatic rings. The second-order valence-corrected chi connectivity index (χ2v) is 6.34. The lowest BCUT2D eigenvalue weighted by molar-refractivity contribution is -0.118. The minimum Gasteiger partial charge on any atom is -0.441 e. The molecule has 1 aliphatic heterocycles. The van der Waals surface area contributed by atoms with Gasteiger partial charge < -0.3 is 9.32 Å². The number of aromatic nitrogens is 1. The predicted molar refractivity (Wildman–Crippen MR) is 97.5 cm³/mol. The summed E-state index contributed by atoms with van der Waals surface area (Å²) in [5, 5.41) is 0. The Labute approximate surface area is 147 Å². The van der Waals surface area contributed by atoms with Crippen LogP contribution in [0.4, 0.5) is 5.69 Å². The number of oxazole rings is 1. The minimum atomic E-state index is 0.0724. The Kier molecular flexibility index (Phi) is 4.10. The zero-order valence-electron chi connectivity index (χ0n) is 14.2. The minimum absolute atomic E-state index is 0.0724. The van der Waals surface area contributed by atoms with Gasteiger partial charge in [0.05, 0.1) is 12.1 Å². The van der Waals surface area contributed by atoms with E-state index in [0.29, 0.717) is 17.3 Å². The third-order valence-electron chi connectivity index (χ3n) is 4.64. The zero-order chi connectivity index (χ0) is 17.2. The van der Waals surface area contributed by atoms with Crippen molar-refractivity contribution in [2.45, 2.75) is 26.2 Å². The number of carbonyl (C=O) groups is 1. The van der Waals surface area contributed by atoms with E-state index in [2.05, 4.69) is 11.1 Å². The summed E-state index contributed by atoms with van der Waals surface area (Å²) in [6, 6.07) is 17.9. The molecule has 0 fully saturated rings. The van der Waals surface area contributed by atoms with Gasteiger partial charge in [-0.15, -0.1) is 0 Å². The molecular weight excluding hydrogens is 312 g/mol. The molecule has 0 unspecified atom stereocenters. The maximum absolute atomic E-state index is 12.9. The highest BCUT2D eigenvalue weighted by atomic mass is 16.4. The van der Waals surface area contributed by atoms with E-state index >= 15 is 0 Å². The van der Waals surface area contributed by atoms with E-state index in [1.807, 2.05) is 60.4 Å². The van der Waals surface area contributed by atoms with Crippen molar-refractivity contribution in [3.8, 4) is 11.5 Å². The van der Waals surface area contributed by atoms with E-state index in [4.69, 9.17) is 4.42 Å². The molecule has 4 heteroatoms. The van der Waals surface area contributed by atoms with Crippen LogP contribution in [0.15, 0.2) is 59.0 Å². The molecule has 0 saturated carbocycles. The smallest absolute Gasteiger partial charge is 0.233 e. The number of amides is 1. The Morgan fingerprint density at radius 1 is 1.12 bits per heavy atom. The molecule has 2 aromatic carbocycles. The lowest BCUT2D eigenvalue weighted by Crippen LogP contribution is -2.36. The van der Waals surface area contributed by atoms with Crippen LogP contribution in [0, 0.1) is 6.92 Å². The van der Waals surface area contributed by atoms with Crippen LogP contribution in [0.25, 0.3) is 11.5 Å². The van der Waals surface area contributed by atoms with Crippen molar-refractivity contribution in [3.63, 3.8) is 0 Å². The maximum Gasteiger partial charge on any atom is 0.233 e. The Morgan fingerprint density at radius 2 is 1.88 bits per heavy atom. The lowest BCUT2D eigenvalue weighted by atomic mass is 10.0. The highest BCUT2D eigenvalue weighted by molar-refractivity contribution is 5.95. The van der Waals surface area contributed by atoms with Crippen LogP contribution in [-0.4, -0.2) is 17.4 Å². The van der Waals surface area contributed by atoms with Crippen molar-refractivity contribution in [2.24, 2.45) is 0 Å². The fourth-order valence-corrected chi connectivity index (χ4v) is 3.33. The number of benzene rings is 2. The summed E-state index contributed by atoms with van der Waals surface area (Å²) in [5.74, 6) is 1.35. The average Bonchev–Trinajstić information content (AvgIpc) is 3.02. The first kappa shape index (κ1) is 15.6. The molecule has 0 radical (unpaired) electrons. The number of carbonyl (C=O) groups excluding carboxylic acids is 1. The van der Waals surface area contributed by atoms with Crippen LogP contribution in [0.5, 0.6) is 0 Å². The van der Waals surface area contributed by atoms with E-state index < -0.39 is 0 Å². The van der Waals surface area contributed by atoms with Gasteiger partial charge in [0.25, 0.3) is 0 Å². The van der Waals surface area contributed by atoms with Crippen LogP contribution >= 0.6 is 0 Å². The first-order valence-electron chi connectivity index (χ1n) is 8.62. The fourth-order valence-electron chi connectivity index (χ4n) is 3.33. The molecule has 126 valence electrons. The molecule has 2 heterocycles. The van der Waals surface area contributed by atoms with Crippen LogP contribution in [0.1, 0.15) is 23.4 Å². The van der Waals surface area contributed by atoms with Gasteiger partial charge in [-0.3, -0.25) is 4.79 Å². The molecule has 0 atom stereocenters. The average molecular weight is 332 g/mol. The van der Waals surface area contributed by atoms with Gasteiger partial charge >= 0.3 is 0 Å². The third-order valence-corrected chi connectivity index (χ3v) is 4.64. The normalized spacial score (nSPS) is 13.6. The van der Waals surface area contributed by atoms with E-state index in [9.17, 15) is 4.79 Å². The van der Waals surface area contributed by atoms with Gasteiger partial charge in [-0.2, -0.15) is 0 Å². The topological polar surface area (TPSA) is 46.3 Å². The molecular formula is C21H20N2O2. The molecule has 25 heavy (non-hydrogen) atoms. The molecule has 0 bridgehead atoms. The summed E-state index contributed by atoms with van der Waals surface area (Å²) < 4.78 is 5.78. The molecule has 3 aromatic rings. The van der Waals surface area contributed by atoms with Gasteiger partial charge in [-0.05, 0) is 43.5 Å². The summed E-state index contributed by atoms with van der Waals surface area (Å²) in [5.41, 5.74) is 3.91. The second kappa shape index (κ2) is 6.55. The summed E-state index contributed by atoms with van der Waals surface area (Å²) >= 11 is 0. The number of anilines is 1. The van der Waals surface area contributed by atoms with Crippen molar-refractivity contribution in [3.05, 3.63) is 71.6 Å². The zero-order valence-corrected chi connectivity index (χ0v) is 14.2. The lowest BCUT2D eigenvalue weighted by Gasteiger charge is -2.29. The van der Waals surface area contributed by atoms with Crippen molar-refractivity contribution in [2.75, 3.05) is 11.4 Å². The van der Waals surface area contributed by atoms with Crippen molar-refractivity contribution in [1.29, 1.82) is 0 Å². The first-order chi connectivity index (χ1) is 12.2. The summed E-state index contributed by atoms with van der Waals surface area (Å²) in [4.78, 5) is 19.3. The van der Waals surface area contributed by atoms with Crippen LogP contribution < -0.4 is 4.90 Å². The molecule has 0 spiro atoms. The summed E-state index contributed by atoms with van der Waals surface area (Å²) in [6.45, 7) is 2.63. The van der Waals surface area contributed by atoms with Gasteiger partial charge in [-0.25, -0.2) is 4.98 Å². The van der Waals surface area contributed by atoms with Crippen LogP contribution in [0.2, 0.25) is 0 Å². The van der Waals surface area contributed by atoms with Gasteiger partial charge in [0.2, 0.25) is 11.8 Å². The van der Waals surface area contributed by atoms with Gasteiger partial charge in [0.1, 0.15) is 5.76 Å². The highest BCUT2D eigenvalue weighted by Gasteiger charge is 2.24. The Bertz CT molecular complexity index is 899. The maximum atomic E-state index is 12.9. The van der Waals surface area contributed by atoms with Gasteiger partial charge in [0, 0.05) is 17.8 Å². The third kappa shape index (κ3) is 3.07. The van der Waals surface area contributed by atoms with Crippen molar-refractivity contribution < 1.29 is 9.21 Å². The largest absolute Gasteiger partial charge is 0.441 e. The quantitative estimate of drug-likeness (QED) is 0.723. The molecule has 1 aromatic heterocycles. The van der Waals surface area contributed by atoms with Crippen LogP contribution in [-0.2, 0) is 17.6 Å². The summed E-state index contributed by atoms with van der Waals surface area (Å²) in [7, 11) is 0. The molecule has 0 N–H and O–H groups in total. The van der Waals surface area contributed by atoms with E-state index in [-0.39, 0.29) is 12.3 Å². The second-order valence-electron chi connectivity index (χ2n) is 6.34. The molecule has 0 aliphatic carbocycles. The standard InChI is InChI=1S/C21H20N2O2/c1-15-18(22-21(25-15)17-9-3-2-4-10-17)14-20(24)23-13-7-11-16-8-5-6-12-19(16)23/h2-6,8-10,12H,7,11,13-14H2,1H3. The number of rotatable bonds is 3. The number of hydrogen-bond acceptors (Lipinski definition) is 3. The van der Waals surface area contributed by atoms with Gasteiger partial charge in [0.15, 0.2) is 0 Å². The molecule has 4 nitrogen and oxygen atoms in total. The van der Waals surface area contributed by atoms with E-state index in [0.717, 1.165) is 30.6 Å². The predicted octanol–water partition coefficient (Wildman–Crippen LogP) is 4.17. The Morgan fingerprint density at radius 3 is 2.72 bits per heavy atom. The van der Waals surface area contributed by atoms with Crippen LogP contribution in [0.3, 0.4) is 0 Å². The molecule has 4 rings (SSSR count). The summed E-state index contributed by atoms with van der Waals surface area (Å²) in [6.07, 6.45) is 2.29. The first-order valence-corrected chi connectivity index (χ1v) is 8.62. The highest BCUT2D eigenvalue weighted by Crippen LogP contribution is 2.28. The van der Waals surface area contributed by atoms with E-state index in [1.165, 1.54) is 5.56 Å². The Balaban J connectivity index is 1.57. The van der Waals surface area contributed by atoms with Crippen molar-refractivity contribution >= 4 is 11.6 Å². The van der Waals surface area contributed by atoms with Crippen molar-refractivity contribution in [1.82, 2.24) is 4.98 Å². The number of fused-ring (bicyclic) bond motifs is 1. The molecule has 0 saturated heterocycles. The number of nitrogens with zero attached hydrogens (tertiary/aromatic N) is 2. The monoisotopic (exact) mass is 332 g/mol. The van der Waals surface area contributed by atoms with Gasteiger partial charge in [-0.1, -0.05) is 36.4 Å². The fraction of sp³-hybridized carbons (Fsp3) is 0.238.